The van der Waals surface area contributed by atoms with Gasteiger partial charge in [0.25, 0.3) is 0 Å². The number of halogens is 1. The summed E-state index contributed by atoms with van der Waals surface area (Å²) < 4.78 is 11.7. The van der Waals surface area contributed by atoms with Crippen LogP contribution in [0.25, 0.3) is 0 Å². The van der Waals surface area contributed by atoms with Gasteiger partial charge in [-0.15, -0.1) is 24.0 Å². The van der Waals surface area contributed by atoms with Crippen molar-refractivity contribution >= 4 is 35.8 Å². The van der Waals surface area contributed by atoms with Gasteiger partial charge in [-0.1, -0.05) is 6.92 Å². The topological polar surface area (TPSA) is 66.4 Å². The highest BCUT2D eigenvalue weighted by Crippen LogP contribution is 2.17. The predicted molar refractivity (Wildman–Crippen MR) is 114 cm³/mol. The van der Waals surface area contributed by atoms with Crippen molar-refractivity contribution in [3.8, 4) is 0 Å². The van der Waals surface area contributed by atoms with Gasteiger partial charge in [0.1, 0.15) is 6.54 Å². The van der Waals surface area contributed by atoms with E-state index in [1.165, 1.54) is 0 Å². The van der Waals surface area contributed by atoms with Crippen LogP contribution in [0.1, 0.15) is 39.0 Å². The van der Waals surface area contributed by atoms with Gasteiger partial charge in [0.15, 0.2) is 5.96 Å². The summed E-state index contributed by atoms with van der Waals surface area (Å²) in [5.41, 5.74) is 0. The number of likely N-dealkylation sites (tertiary alicyclic amines) is 1. The lowest BCUT2D eigenvalue weighted by molar-refractivity contribution is -0.127. The van der Waals surface area contributed by atoms with Gasteiger partial charge >= 0.3 is 0 Å². The van der Waals surface area contributed by atoms with Crippen LogP contribution >= 0.6 is 24.0 Å². The molecule has 1 atom stereocenters. The second kappa shape index (κ2) is 12.7. The molecule has 0 aromatic carbocycles. The molecule has 1 N–H and O–H groups in total. The Morgan fingerprint density at radius 1 is 1.31 bits per heavy atom. The zero-order valence-electron chi connectivity index (χ0n) is 16.4. The van der Waals surface area contributed by atoms with Crippen LogP contribution in [0.15, 0.2) is 4.99 Å². The number of hydrogen-bond acceptors (Lipinski definition) is 4. The van der Waals surface area contributed by atoms with Crippen molar-refractivity contribution in [2.45, 2.75) is 51.2 Å². The molecule has 152 valence electrons. The molecule has 1 amide bonds. The zero-order valence-corrected chi connectivity index (χ0v) is 18.7. The number of rotatable bonds is 7. The van der Waals surface area contributed by atoms with Gasteiger partial charge in [0.2, 0.25) is 5.91 Å². The summed E-state index contributed by atoms with van der Waals surface area (Å²) in [6.07, 6.45) is 5.87. The molecule has 26 heavy (non-hydrogen) atoms. The molecule has 8 heteroatoms. The highest BCUT2D eigenvalue weighted by atomic mass is 127. The van der Waals surface area contributed by atoms with Crippen LogP contribution in [0.3, 0.4) is 0 Å². The summed E-state index contributed by atoms with van der Waals surface area (Å²) in [7, 11) is 3.52. The van der Waals surface area contributed by atoms with Crippen LogP contribution in [0.5, 0.6) is 0 Å². The van der Waals surface area contributed by atoms with E-state index in [4.69, 9.17) is 9.47 Å². The highest BCUT2D eigenvalue weighted by Gasteiger charge is 2.24. The minimum Gasteiger partial charge on any atom is -0.376 e. The maximum atomic E-state index is 11.8. The van der Waals surface area contributed by atoms with E-state index in [0.717, 1.165) is 70.9 Å². The molecule has 0 aliphatic carbocycles. The van der Waals surface area contributed by atoms with E-state index in [9.17, 15) is 4.79 Å². The van der Waals surface area contributed by atoms with Gasteiger partial charge in [-0.3, -0.25) is 4.79 Å². The lowest BCUT2D eigenvalue weighted by Gasteiger charge is -2.34. The van der Waals surface area contributed by atoms with Crippen molar-refractivity contribution in [1.82, 2.24) is 15.1 Å². The Kier molecular flexibility index (Phi) is 11.5. The molecular weight excluding hydrogens is 447 g/mol. The number of ether oxygens (including phenoxy) is 2. The molecule has 0 aromatic rings. The molecule has 2 fully saturated rings. The summed E-state index contributed by atoms with van der Waals surface area (Å²) in [5, 5.41) is 3.37. The van der Waals surface area contributed by atoms with Gasteiger partial charge < -0.3 is 24.6 Å². The number of carbonyl (C=O) groups is 1. The highest BCUT2D eigenvalue weighted by molar-refractivity contribution is 14.0. The van der Waals surface area contributed by atoms with Crippen LogP contribution in [0.2, 0.25) is 0 Å². The second-order valence-electron chi connectivity index (χ2n) is 7.01. The van der Waals surface area contributed by atoms with Crippen molar-refractivity contribution in [1.29, 1.82) is 0 Å². The molecule has 1 unspecified atom stereocenters. The van der Waals surface area contributed by atoms with Crippen LogP contribution < -0.4 is 5.32 Å². The number of amides is 1. The number of aliphatic imine (C=N–C) groups is 1. The van der Waals surface area contributed by atoms with Crippen molar-refractivity contribution < 1.29 is 14.3 Å². The maximum Gasteiger partial charge on any atom is 0.243 e. The van der Waals surface area contributed by atoms with Crippen LogP contribution in [0.4, 0.5) is 0 Å². The van der Waals surface area contributed by atoms with E-state index in [2.05, 4.69) is 22.1 Å². The van der Waals surface area contributed by atoms with Crippen molar-refractivity contribution in [2.24, 2.45) is 4.99 Å². The third-order valence-corrected chi connectivity index (χ3v) is 4.68. The number of carbonyl (C=O) groups excluding carboxylic acids is 1. The molecule has 2 saturated heterocycles. The Morgan fingerprint density at radius 3 is 2.62 bits per heavy atom. The standard InChI is InChI=1S/C18H34N4O3.HI/c1-4-9-19-18(20-13-17(23)21(2)3)22-10-7-15(8-11-22)25-14-16-6-5-12-24-16;/h15-16H,4-14H2,1-3H3,(H,19,20);1H. The largest absolute Gasteiger partial charge is 0.376 e. The Hall–Kier alpha value is -0.610. The number of piperidine rings is 1. The number of hydrogen-bond donors (Lipinski definition) is 1. The van der Waals surface area contributed by atoms with Gasteiger partial charge in [-0.05, 0) is 32.1 Å². The summed E-state index contributed by atoms with van der Waals surface area (Å²) in [5.74, 6) is 0.861. The minimum absolute atomic E-state index is 0. The minimum atomic E-state index is 0. The Balaban J connectivity index is 0.00000338. The second-order valence-corrected chi connectivity index (χ2v) is 7.01. The molecule has 0 spiro atoms. The number of guanidine groups is 1. The van der Waals surface area contributed by atoms with Gasteiger partial charge in [0.05, 0.1) is 18.8 Å². The van der Waals surface area contributed by atoms with E-state index >= 15 is 0 Å². The monoisotopic (exact) mass is 482 g/mol. The fourth-order valence-electron chi connectivity index (χ4n) is 3.04. The molecule has 0 bridgehead atoms. The third-order valence-electron chi connectivity index (χ3n) is 4.68. The lowest BCUT2D eigenvalue weighted by Crippen LogP contribution is -2.47. The summed E-state index contributed by atoms with van der Waals surface area (Å²) in [4.78, 5) is 20.1. The first-order chi connectivity index (χ1) is 12.1. The summed E-state index contributed by atoms with van der Waals surface area (Å²) in [6, 6.07) is 0. The SMILES string of the molecule is CCCNC(=NCC(=O)N(C)C)N1CCC(OCC2CCCO2)CC1.I. The molecule has 0 saturated carbocycles. The molecule has 7 nitrogen and oxygen atoms in total. The quantitative estimate of drug-likeness (QED) is 0.340. The fourth-order valence-corrected chi connectivity index (χ4v) is 3.04. The molecule has 0 radical (unpaired) electrons. The third kappa shape index (κ3) is 7.96. The summed E-state index contributed by atoms with van der Waals surface area (Å²) in [6.45, 7) is 6.58. The van der Waals surface area contributed by atoms with E-state index in [1.807, 2.05) is 0 Å². The van der Waals surface area contributed by atoms with Crippen molar-refractivity contribution in [2.75, 3.05) is 53.5 Å². The molecule has 2 rings (SSSR count). The molecule has 2 heterocycles. The first-order valence-corrected chi connectivity index (χ1v) is 9.56. The molecule has 2 aliphatic heterocycles. The van der Waals surface area contributed by atoms with Gasteiger partial charge in [-0.25, -0.2) is 4.99 Å². The van der Waals surface area contributed by atoms with Gasteiger partial charge in [0, 0.05) is 40.3 Å². The Labute approximate surface area is 174 Å². The van der Waals surface area contributed by atoms with Crippen LogP contribution in [-0.2, 0) is 14.3 Å². The zero-order chi connectivity index (χ0) is 18.1. The van der Waals surface area contributed by atoms with Gasteiger partial charge in [-0.2, -0.15) is 0 Å². The maximum absolute atomic E-state index is 11.8. The van der Waals surface area contributed by atoms with E-state index in [0.29, 0.717) is 12.2 Å². The number of nitrogens with zero attached hydrogens (tertiary/aromatic N) is 3. The summed E-state index contributed by atoms with van der Waals surface area (Å²) >= 11 is 0. The molecular formula is C18H35IN4O3. The first kappa shape index (κ1) is 23.4. The van der Waals surface area contributed by atoms with E-state index < -0.39 is 0 Å². The van der Waals surface area contributed by atoms with E-state index in [1.54, 1.807) is 19.0 Å². The van der Waals surface area contributed by atoms with Crippen LogP contribution in [0, 0.1) is 0 Å². The predicted octanol–water partition coefficient (Wildman–Crippen LogP) is 1.71. The van der Waals surface area contributed by atoms with Crippen molar-refractivity contribution in [3.63, 3.8) is 0 Å². The Bertz CT molecular complexity index is 434. The smallest absolute Gasteiger partial charge is 0.243 e. The van der Waals surface area contributed by atoms with Crippen molar-refractivity contribution in [3.05, 3.63) is 0 Å². The first-order valence-electron chi connectivity index (χ1n) is 9.56. The normalized spacial score (nSPS) is 21.4. The number of nitrogens with one attached hydrogen (secondary N) is 1. The number of likely N-dealkylation sites (N-methyl/N-ethyl adjacent to an activating group) is 1. The average Bonchev–Trinajstić information content (AvgIpc) is 3.14. The van der Waals surface area contributed by atoms with Crippen LogP contribution in [-0.4, -0.2) is 87.4 Å². The van der Waals surface area contributed by atoms with E-state index in [-0.39, 0.29) is 36.4 Å². The average molecular weight is 482 g/mol. The lowest BCUT2D eigenvalue weighted by atomic mass is 10.1. The fraction of sp³-hybridized carbons (Fsp3) is 0.889. The Morgan fingerprint density at radius 2 is 2.04 bits per heavy atom. The molecule has 0 aromatic heterocycles. The molecule has 2 aliphatic rings.